The Labute approximate surface area is 193 Å². The third kappa shape index (κ3) is 5.10. The maximum absolute atomic E-state index is 12.4. The van der Waals surface area contributed by atoms with Gasteiger partial charge in [-0.3, -0.25) is 9.36 Å². The van der Waals surface area contributed by atoms with E-state index in [0.717, 1.165) is 16.1 Å². The van der Waals surface area contributed by atoms with Crippen LogP contribution in [0.1, 0.15) is 4.88 Å². The summed E-state index contributed by atoms with van der Waals surface area (Å²) in [6, 6.07) is 19.2. The van der Waals surface area contributed by atoms with E-state index >= 15 is 0 Å². The molecule has 0 saturated carbocycles. The molecule has 158 valence electrons. The molecule has 6 nitrogen and oxygen atoms in total. The number of hydrogen-bond acceptors (Lipinski definition) is 6. The average molecular weight is 471 g/mol. The van der Waals surface area contributed by atoms with Gasteiger partial charge in [-0.2, -0.15) is 0 Å². The van der Waals surface area contributed by atoms with Crippen LogP contribution in [0.4, 0.5) is 0 Å². The second kappa shape index (κ2) is 10.00. The second-order valence-corrected chi connectivity index (χ2v) is 8.85. The van der Waals surface area contributed by atoms with E-state index in [-0.39, 0.29) is 11.7 Å². The highest BCUT2D eigenvalue weighted by Crippen LogP contribution is 2.32. The van der Waals surface area contributed by atoms with Crippen molar-refractivity contribution in [1.82, 2.24) is 20.1 Å². The van der Waals surface area contributed by atoms with E-state index in [4.69, 9.17) is 16.3 Å². The third-order valence-electron chi connectivity index (χ3n) is 4.43. The van der Waals surface area contributed by atoms with Crippen molar-refractivity contribution in [2.75, 3.05) is 12.9 Å². The van der Waals surface area contributed by atoms with Crippen LogP contribution in [0, 0.1) is 0 Å². The number of thioether (sulfide) groups is 1. The average Bonchev–Trinajstić information content (AvgIpc) is 3.47. The smallest absolute Gasteiger partial charge is 0.230 e. The van der Waals surface area contributed by atoms with Crippen molar-refractivity contribution < 1.29 is 9.53 Å². The number of thiophene rings is 1. The lowest BCUT2D eigenvalue weighted by Crippen LogP contribution is -2.24. The molecule has 9 heteroatoms. The first-order valence-electron chi connectivity index (χ1n) is 9.42. The fourth-order valence-corrected chi connectivity index (χ4v) is 4.62. The highest BCUT2D eigenvalue weighted by atomic mass is 35.5. The molecule has 1 amide bonds. The normalized spacial score (nSPS) is 10.8. The van der Waals surface area contributed by atoms with E-state index in [1.54, 1.807) is 30.6 Å². The van der Waals surface area contributed by atoms with Gasteiger partial charge in [-0.25, -0.2) is 0 Å². The Morgan fingerprint density at radius 1 is 1.16 bits per heavy atom. The highest BCUT2D eigenvalue weighted by molar-refractivity contribution is 7.99. The third-order valence-corrected chi connectivity index (χ3v) is 6.53. The number of nitrogens with zero attached hydrogens (tertiary/aromatic N) is 3. The minimum atomic E-state index is -0.0676. The van der Waals surface area contributed by atoms with E-state index < -0.39 is 0 Å². The van der Waals surface area contributed by atoms with Gasteiger partial charge in [0.1, 0.15) is 5.75 Å². The first-order chi connectivity index (χ1) is 15.2. The Morgan fingerprint density at radius 2 is 2.00 bits per heavy atom. The summed E-state index contributed by atoms with van der Waals surface area (Å²) >= 11 is 9.30. The minimum absolute atomic E-state index is 0.0676. The summed E-state index contributed by atoms with van der Waals surface area (Å²) in [4.78, 5) is 13.5. The van der Waals surface area contributed by atoms with Gasteiger partial charge in [0.15, 0.2) is 11.0 Å². The molecule has 0 unspecified atom stereocenters. The highest BCUT2D eigenvalue weighted by Gasteiger charge is 2.18. The lowest BCUT2D eigenvalue weighted by atomic mass is 10.2. The molecular formula is C22H19ClN4O2S2. The number of rotatable bonds is 8. The number of methoxy groups -OCH3 is 1. The predicted molar refractivity (Wildman–Crippen MR) is 125 cm³/mol. The molecule has 2 aromatic carbocycles. The summed E-state index contributed by atoms with van der Waals surface area (Å²) in [5, 5.41) is 14.7. The molecule has 0 aliphatic rings. The number of carbonyl (C=O) groups excluding carboxylic acids is 1. The second-order valence-electron chi connectivity index (χ2n) is 6.47. The molecule has 0 fully saturated rings. The van der Waals surface area contributed by atoms with Crippen molar-refractivity contribution in [3.8, 4) is 22.8 Å². The molecule has 0 atom stereocenters. The summed E-state index contributed by atoms with van der Waals surface area (Å²) in [5.41, 5.74) is 1.70. The molecule has 4 aromatic rings. The van der Waals surface area contributed by atoms with E-state index in [1.165, 1.54) is 11.8 Å². The van der Waals surface area contributed by atoms with Gasteiger partial charge in [-0.15, -0.1) is 21.5 Å². The van der Waals surface area contributed by atoms with Gasteiger partial charge in [-0.05, 0) is 29.6 Å². The number of benzene rings is 2. The van der Waals surface area contributed by atoms with Crippen molar-refractivity contribution in [3.05, 3.63) is 75.9 Å². The van der Waals surface area contributed by atoms with Crippen molar-refractivity contribution >= 4 is 40.6 Å². The molecule has 1 N–H and O–H groups in total. The summed E-state index contributed by atoms with van der Waals surface area (Å²) in [6.07, 6.45) is 0. The maximum atomic E-state index is 12.4. The molecular weight excluding hydrogens is 452 g/mol. The van der Waals surface area contributed by atoms with E-state index in [0.29, 0.717) is 28.3 Å². The van der Waals surface area contributed by atoms with Gasteiger partial charge in [0.05, 0.1) is 30.1 Å². The Balaban J connectivity index is 1.59. The van der Waals surface area contributed by atoms with Crippen LogP contribution in [-0.4, -0.2) is 33.5 Å². The first kappa shape index (κ1) is 21.4. The standard InChI is InChI=1S/C22H19ClN4O2S2/c1-29-19-10-9-16(12-18(19)23)27-21(15-6-3-2-4-7-15)25-26-22(27)31-14-20(28)24-13-17-8-5-11-30-17/h2-12H,13-14H2,1H3,(H,24,28). The Bertz CT molecular complexity index is 1160. The maximum Gasteiger partial charge on any atom is 0.230 e. The van der Waals surface area contributed by atoms with Gasteiger partial charge in [0.2, 0.25) is 5.91 Å². The number of halogens is 1. The molecule has 2 heterocycles. The number of ether oxygens (including phenoxy) is 1. The van der Waals surface area contributed by atoms with Crippen molar-refractivity contribution in [2.24, 2.45) is 0 Å². The first-order valence-corrected chi connectivity index (χ1v) is 11.7. The lowest BCUT2D eigenvalue weighted by molar-refractivity contribution is -0.118. The van der Waals surface area contributed by atoms with Crippen molar-refractivity contribution in [2.45, 2.75) is 11.7 Å². The molecule has 31 heavy (non-hydrogen) atoms. The summed E-state index contributed by atoms with van der Waals surface area (Å²) < 4.78 is 7.17. The van der Waals surface area contributed by atoms with Gasteiger partial charge in [-0.1, -0.05) is 59.8 Å². The fourth-order valence-electron chi connectivity index (χ4n) is 2.94. The van der Waals surface area contributed by atoms with E-state index in [1.807, 2.05) is 58.5 Å². The van der Waals surface area contributed by atoms with E-state index in [9.17, 15) is 4.79 Å². The number of carbonyl (C=O) groups is 1. The van der Waals surface area contributed by atoms with Gasteiger partial charge in [0, 0.05) is 10.4 Å². The van der Waals surface area contributed by atoms with E-state index in [2.05, 4.69) is 15.5 Å². The number of aromatic nitrogens is 3. The van der Waals surface area contributed by atoms with Crippen LogP contribution in [0.15, 0.2) is 71.2 Å². The molecule has 0 radical (unpaired) electrons. The zero-order valence-electron chi connectivity index (χ0n) is 16.6. The van der Waals surface area contributed by atoms with Gasteiger partial charge in [0.25, 0.3) is 0 Å². The van der Waals surface area contributed by atoms with Crippen LogP contribution < -0.4 is 10.1 Å². The zero-order chi connectivity index (χ0) is 21.6. The quantitative estimate of drug-likeness (QED) is 0.364. The van der Waals surface area contributed by atoms with Crippen LogP contribution >= 0.6 is 34.7 Å². The predicted octanol–water partition coefficient (Wildman–Crippen LogP) is 5.07. The van der Waals surface area contributed by atoms with Crippen LogP contribution in [0.25, 0.3) is 17.1 Å². The van der Waals surface area contributed by atoms with Crippen LogP contribution in [0.2, 0.25) is 5.02 Å². The molecule has 0 aliphatic carbocycles. The number of nitrogens with one attached hydrogen (secondary N) is 1. The SMILES string of the molecule is COc1ccc(-n2c(SCC(=O)NCc3cccs3)nnc2-c2ccccc2)cc1Cl. The molecule has 0 saturated heterocycles. The van der Waals surface area contributed by atoms with Crippen LogP contribution in [0.5, 0.6) is 5.75 Å². The zero-order valence-corrected chi connectivity index (χ0v) is 19.0. The molecule has 2 aromatic heterocycles. The molecule has 0 aliphatic heterocycles. The Kier molecular flexibility index (Phi) is 6.91. The Morgan fingerprint density at radius 3 is 2.71 bits per heavy atom. The molecule has 0 spiro atoms. The van der Waals surface area contributed by atoms with Crippen molar-refractivity contribution in [1.29, 1.82) is 0 Å². The topological polar surface area (TPSA) is 69.0 Å². The fraction of sp³-hybridized carbons (Fsp3) is 0.136. The summed E-state index contributed by atoms with van der Waals surface area (Å²) in [6.45, 7) is 0.521. The lowest BCUT2D eigenvalue weighted by Gasteiger charge is -2.12. The van der Waals surface area contributed by atoms with Crippen LogP contribution in [0.3, 0.4) is 0 Å². The summed E-state index contributed by atoms with van der Waals surface area (Å²) in [7, 11) is 1.57. The monoisotopic (exact) mass is 470 g/mol. The van der Waals surface area contributed by atoms with Crippen molar-refractivity contribution in [3.63, 3.8) is 0 Å². The number of amides is 1. The Hall–Kier alpha value is -2.81. The summed E-state index contributed by atoms with van der Waals surface area (Å²) in [5.74, 6) is 1.41. The largest absolute Gasteiger partial charge is 0.495 e. The number of hydrogen-bond donors (Lipinski definition) is 1. The minimum Gasteiger partial charge on any atom is -0.495 e. The van der Waals surface area contributed by atoms with Gasteiger partial charge < -0.3 is 10.1 Å². The molecule has 0 bridgehead atoms. The van der Waals surface area contributed by atoms with Crippen LogP contribution in [-0.2, 0) is 11.3 Å². The molecule has 4 rings (SSSR count). The van der Waals surface area contributed by atoms with Gasteiger partial charge >= 0.3 is 0 Å².